The number of hydrogen-bond donors (Lipinski definition) is 2. The number of nitrogens with one attached hydrogen (secondary N) is 1. The summed E-state index contributed by atoms with van der Waals surface area (Å²) in [6.07, 6.45) is 0. The van der Waals surface area contributed by atoms with Gasteiger partial charge in [-0.15, -0.1) is 0 Å². The van der Waals surface area contributed by atoms with Crippen molar-refractivity contribution in [3.05, 3.63) is 15.9 Å². The van der Waals surface area contributed by atoms with E-state index in [0.717, 1.165) is 4.68 Å². The number of aromatic nitrogens is 2. The Kier molecular flexibility index (Phi) is 2.93. The van der Waals surface area contributed by atoms with Crippen LogP contribution in [0.5, 0.6) is 0 Å². The molecule has 0 radical (unpaired) electrons. The Bertz CT molecular complexity index is 457. The summed E-state index contributed by atoms with van der Waals surface area (Å²) in [5.41, 5.74) is 4.37. The number of nitrogens with two attached hydrogens (primary N) is 1. The van der Waals surface area contributed by atoms with E-state index in [1.807, 2.05) is 0 Å². The number of carbonyl (C=O) groups is 2. The van der Waals surface area contributed by atoms with E-state index >= 15 is 0 Å². The van der Waals surface area contributed by atoms with Gasteiger partial charge in [-0.25, -0.2) is 9.48 Å². The fraction of sp³-hybridized carbons (Fsp3) is 0.375. The van der Waals surface area contributed by atoms with E-state index in [1.165, 1.54) is 6.92 Å². The van der Waals surface area contributed by atoms with Crippen LogP contribution in [0, 0.1) is 0 Å². The van der Waals surface area contributed by atoms with Gasteiger partial charge in [-0.2, -0.15) is 0 Å². The number of carbonyl (C=O) groups excluding carboxylic acids is 2. The molecule has 0 aliphatic carbocycles. The van der Waals surface area contributed by atoms with Crippen molar-refractivity contribution >= 4 is 17.7 Å². The van der Waals surface area contributed by atoms with Gasteiger partial charge in [-0.3, -0.25) is 14.7 Å². The second-order valence-electron chi connectivity index (χ2n) is 2.78. The Balaban J connectivity index is 3.25. The highest BCUT2D eigenvalue weighted by molar-refractivity contribution is 5.96. The molecule has 0 bridgehead atoms. The maximum absolute atomic E-state index is 11.3. The molecule has 0 atom stereocenters. The van der Waals surface area contributed by atoms with E-state index in [2.05, 4.69) is 9.84 Å². The lowest BCUT2D eigenvalue weighted by molar-refractivity contribution is 0.0526. The topological polar surface area (TPSA) is 107 Å². The molecular formula is C8H11N3O4. The Labute approximate surface area is 84.8 Å². The van der Waals surface area contributed by atoms with Crippen LogP contribution >= 0.6 is 0 Å². The van der Waals surface area contributed by atoms with Gasteiger partial charge in [0.15, 0.2) is 5.56 Å². The predicted octanol–water partition coefficient (Wildman–Crippen LogP) is -0.405. The summed E-state index contributed by atoms with van der Waals surface area (Å²) in [7, 11) is 0. The number of ether oxygens (including phenoxy) is 1. The lowest BCUT2D eigenvalue weighted by Crippen LogP contribution is -2.16. The molecular weight excluding hydrogens is 202 g/mol. The molecule has 0 saturated heterocycles. The maximum atomic E-state index is 11.3. The lowest BCUT2D eigenvalue weighted by atomic mass is 10.3. The summed E-state index contributed by atoms with van der Waals surface area (Å²) in [5, 5.41) is 2.14. The Morgan fingerprint density at radius 3 is 2.53 bits per heavy atom. The van der Waals surface area contributed by atoms with Crippen molar-refractivity contribution in [3.63, 3.8) is 0 Å². The second kappa shape index (κ2) is 3.99. The molecule has 15 heavy (non-hydrogen) atoms. The smallest absolute Gasteiger partial charge is 0.347 e. The zero-order valence-corrected chi connectivity index (χ0v) is 8.36. The van der Waals surface area contributed by atoms with Gasteiger partial charge in [0.2, 0.25) is 5.91 Å². The lowest BCUT2D eigenvalue weighted by Gasteiger charge is -2.00. The molecule has 0 aromatic carbocycles. The highest BCUT2D eigenvalue weighted by atomic mass is 16.5. The van der Waals surface area contributed by atoms with E-state index in [1.54, 1.807) is 6.92 Å². The van der Waals surface area contributed by atoms with Crippen molar-refractivity contribution in [2.45, 2.75) is 13.8 Å². The van der Waals surface area contributed by atoms with E-state index in [4.69, 9.17) is 5.73 Å². The summed E-state index contributed by atoms with van der Waals surface area (Å²) in [4.78, 5) is 33.5. The van der Waals surface area contributed by atoms with Gasteiger partial charge in [-0.05, 0) is 6.92 Å². The van der Waals surface area contributed by atoms with Crippen LogP contribution in [-0.2, 0) is 4.74 Å². The van der Waals surface area contributed by atoms with E-state index in [0.29, 0.717) is 0 Å². The highest BCUT2D eigenvalue weighted by Gasteiger charge is 2.21. The third-order valence-corrected chi connectivity index (χ3v) is 1.73. The molecule has 0 amide bonds. The molecule has 7 nitrogen and oxygen atoms in total. The Morgan fingerprint density at radius 2 is 2.13 bits per heavy atom. The predicted molar refractivity (Wildman–Crippen MR) is 51.7 cm³/mol. The molecule has 0 saturated carbocycles. The van der Waals surface area contributed by atoms with Gasteiger partial charge in [0.1, 0.15) is 5.82 Å². The van der Waals surface area contributed by atoms with Gasteiger partial charge in [0.25, 0.3) is 5.56 Å². The molecule has 1 rings (SSSR count). The number of esters is 1. The summed E-state index contributed by atoms with van der Waals surface area (Å²) in [5.74, 6) is -1.55. The van der Waals surface area contributed by atoms with Crippen LogP contribution in [0.25, 0.3) is 0 Å². The fourth-order valence-corrected chi connectivity index (χ4v) is 1.09. The molecule has 1 aromatic rings. The average molecular weight is 213 g/mol. The number of anilines is 1. The Hall–Kier alpha value is -2.05. The number of nitrogen functional groups attached to an aromatic ring is 1. The van der Waals surface area contributed by atoms with Crippen molar-refractivity contribution < 1.29 is 14.3 Å². The van der Waals surface area contributed by atoms with Crippen LogP contribution in [-0.4, -0.2) is 28.3 Å². The number of nitrogens with zero attached hydrogens (tertiary/aromatic N) is 1. The molecule has 0 spiro atoms. The zero-order valence-electron chi connectivity index (χ0n) is 8.36. The minimum Gasteiger partial charge on any atom is -0.462 e. The normalized spacial score (nSPS) is 10.0. The monoisotopic (exact) mass is 213 g/mol. The van der Waals surface area contributed by atoms with Gasteiger partial charge in [0.05, 0.1) is 6.61 Å². The maximum Gasteiger partial charge on any atom is 0.347 e. The van der Waals surface area contributed by atoms with Crippen molar-refractivity contribution in [1.29, 1.82) is 0 Å². The standard InChI is InChI=1S/C8H11N3O4/c1-3-15-8(14)5-6(9)11(4(2)12)10-7(5)13/h3,9H2,1-2H3,(H,10,13). The second-order valence-corrected chi connectivity index (χ2v) is 2.78. The fourth-order valence-electron chi connectivity index (χ4n) is 1.09. The Morgan fingerprint density at radius 1 is 1.53 bits per heavy atom. The molecule has 0 aliphatic heterocycles. The third kappa shape index (κ3) is 1.90. The molecule has 3 N–H and O–H groups in total. The molecule has 0 fully saturated rings. The summed E-state index contributed by atoms with van der Waals surface area (Å²) >= 11 is 0. The first-order chi connectivity index (χ1) is 6.99. The highest BCUT2D eigenvalue weighted by Crippen LogP contribution is 2.07. The van der Waals surface area contributed by atoms with E-state index < -0.39 is 17.4 Å². The average Bonchev–Trinajstić information content (AvgIpc) is 2.42. The first kappa shape index (κ1) is 11.0. The van der Waals surface area contributed by atoms with Gasteiger partial charge < -0.3 is 10.5 Å². The third-order valence-electron chi connectivity index (χ3n) is 1.73. The van der Waals surface area contributed by atoms with Gasteiger partial charge >= 0.3 is 5.97 Å². The summed E-state index contributed by atoms with van der Waals surface area (Å²) in [6.45, 7) is 2.94. The van der Waals surface area contributed by atoms with Gasteiger partial charge in [-0.1, -0.05) is 0 Å². The molecule has 7 heteroatoms. The van der Waals surface area contributed by atoms with Crippen molar-refractivity contribution in [3.8, 4) is 0 Å². The van der Waals surface area contributed by atoms with Gasteiger partial charge in [0, 0.05) is 6.92 Å². The zero-order chi connectivity index (χ0) is 11.6. The van der Waals surface area contributed by atoms with Crippen molar-refractivity contribution in [2.75, 3.05) is 12.3 Å². The molecule has 0 aliphatic rings. The summed E-state index contributed by atoms with van der Waals surface area (Å²) in [6, 6.07) is 0. The first-order valence-electron chi connectivity index (χ1n) is 4.27. The van der Waals surface area contributed by atoms with Crippen LogP contribution in [0.1, 0.15) is 29.0 Å². The number of rotatable bonds is 2. The van der Waals surface area contributed by atoms with Crippen molar-refractivity contribution in [1.82, 2.24) is 9.78 Å². The minimum absolute atomic E-state index is 0.128. The molecule has 1 aromatic heterocycles. The largest absolute Gasteiger partial charge is 0.462 e. The molecule has 0 unspecified atom stereocenters. The van der Waals surface area contributed by atoms with Crippen LogP contribution in [0.4, 0.5) is 5.82 Å². The molecule has 1 heterocycles. The van der Waals surface area contributed by atoms with Crippen LogP contribution in [0.15, 0.2) is 4.79 Å². The van der Waals surface area contributed by atoms with E-state index in [-0.39, 0.29) is 18.0 Å². The number of H-pyrrole nitrogens is 1. The summed E-state index contributed by atoms with van der Waals surface area (Å²) < 4.78 is 5.42. The SMILES string of the molecule is CCOC(=O)c1c(N)n(C(C)=O)[nH]c1=O. The quantitative estimate of drug-likeness (QED) is 0.649. The number of aromatic amines is 1. The number of hydrogen-bond acceptors (Lipinski definition) is 5. The van der Waals surface area contributed by atoms with Crippen LogP contribution < -0.4 is 11.3 Å². The molecule has 82 valence electrons. The van der Waals surface area contributed by atoms with Crippen LogP contribution in [0.3, 0.4) is 0 Å². The minimum atomic E-state index is -0.837. The first-order valence-corrected chi connectivity index (χ1v) is 4.27. The van der Waals surface area contributed by atoms with Crippen molar-refractivity contribution in [2.24, 2.45) is 0 Å². The van der Waals surface area contributed by atoms with Crippen LogP contribution in [0.2, 0.25) is 0 Å². The van der Waals surface area contributed by atoms with E-state index in [9.17, 15) is 14.4 Å².